The number of fused-ring (bicyclic) bond motifs is 1. The van der Waals surface area contributed by atoms with Crippen molar-refractivity contribution in [1.82, 2.24) is 14.2 Å². The van der Waals surface area contributed by atoms with Crippen molar-refractivity contribution < 1.29 is 13.2 Å². The maximum atomic E-state index is 13.2. The molecule has 0 bridgehead atoms. The Morgan fingerprint density at radius 2 is 1.76 bits per heavy atom. The Hall–Kier alpha value is -2.90. The van der Waals surface area contributed by atoms with Gasteiger partial charge in [0.25, 0.3) is 5.91 Å². The third kappa shape index (κ3) is 4.42. The lowest BCUT2D eigenvalue weighted by atomic mass is 9.98. The maximum absolute atomic E-state index is 13.2. The van der Waals surface area contributed by atoms with Crippen LogP contribution in [-0.4, -0.2) is 54.7 Å². The van der Waals surface area contributed by atoms with Crippen LogP contribution in [0.25, 0.3) is 16.5 Å². The van der Waals surface area contributed by atoms with E-state index in [0.29, 0.717) is 31.7 Å². The standard InChI is InChI=1S/C27H31N3O3S/c1-20-9-10-24-25(19-28-26(24)17-20)21-11-15-29(16-12-21)27(31)22-7-6-8-23(18-22)34(32,33)30-13-4-2-3-5-14-30/h6-11,17-19,28H,2-5,12-16H2,1H3. The van der Waals surface area contributed by atoms with Crippen LogP contribution >= 0.6 is 0 Å². The number of sulfonamides is 1. The summed E-state index contributed by atoms with van der Waals surface area (Å²) in [6, 6.07) is 12.9. The molecular weight excluding hydrogens is 446 g/mol. The first-order valence-electron chi connectivity index (χ1n) is 12.1. The second kappa shape index (κ2) is 9.39. The molecule has 3 aromatic rings. The summed E-state index contributed by atoms with van der Waals surface area (Å²) in [5.74, 6) is -0.127. The molecule has 2 aliphatic heterocycles. The first-order valence-corrected chi connectivity index (χ1v) is 13.5. The molecule has 1 amide bonds. The minimum absolute atomic E-state index is 0.127. The summed E-state index contributed by atoms with van der Waals surface area (Å²) in [5, 5.41) is 1.20. The number of carbonyl (C=O) groups is 1. The fourth-order valence-electron chi connectivity index (χ4n) is 5.01. The predicted molar refractivity (Wildman–Crippen MR) is 135 cm³/mol. The summed E-state index contributed by atoms with van der Waals surface area (Å²) >= 11 is 0. The Morgan fingerprint density at radius 3 is 2.50 bits per heavy atom. The van der Waals surface area contributed by atoms with Crippen LogP contribution in [-0.2, 0) is 10.0 Å². The van der Waals surface area contributed by atoms with Gasteiger partial charge in [0.05, 0.1) is 4.90 Å². The number of carbonyl (C=O) groups excluding carboxylic acids is 1. The van der Waals surface area contributed by atoms with E-state index in [1.54, 1.807) is 33.5 Å². The molecule has 5 rings (SSSR count). The molecule has 178 valence electrons. The van der Waals surface area contributed by atoms with Crippen molar-refractivity contribution in [1.29, 1.82) is 0 Å². The SMILES string of the molecule is Cc1ccc2c(C3=CCN(C(=O)c4cccc(S(=O)(=O)N5CCCCCC5)c4)CC3)c[nH]c2c1. The van der Waals surface area contributed by atoms with Crippen LogP contribution in [0.4, 0.5) is 0 Å². The normalized spacial score (nSPS) is 18.0. The van der Waals surface area contributed by atoms with Crippen molar-refractivity contribution in [3.63, 3.8) is 0 Å². The lowest BCUT2D eigenvalue weighted by Crippen LogP contribution is -2.35. The number of amides is 1. The number of nitrogens with one attached hydrogen (secondary N) is 1. The molecule has 6 nitrogen and oxygen atoms in total. The van der Waals surface area contributed by atoms with Crippen LogP contribution in [0.5, 0.6) is 0 Å². The Bertz CT molecular complexity index is 1350. The van der Waals surface area contributed by atoms with Gasteiger partial charge < -0.3 is 9.88 Å². The highest BCUT2D eigenvalue weighted by atomic mass is 32.2. The van der Waals surface area contributed by atoms with Gasteiger partial charge in [-0.25, -0.2) is 8.42 Å². The number of H-pyrrole nitrogens is 1. The quantitative estimate of drug-likeness (QED) is 0.577. The smallest absolute Gasteiger partial charge is 0.254 e. The molecule has 0 atom stereocenters. The predicted octanol–water partition coefficient (Wildman–Crippen LogP) is 4.97. The number of hydrogen-bond donors (Lipinski definition) is 1. The fourth-order valence-corrected chi connectivity index (χ4v) is 6.57. The number of benzene rings is 2. The molecule has 1 N–H and O–H groups in total. The zero-order valence-electron chi connectivity index (χ0n) is 19.6. The molecule has 1 saturated heterocycles. The van der Waals surface area contributed by atoms with Gasteiger partial charge in [0.2, 0.25) is 10.0 Å². The molecule has 34 heavy (non-hydrogen) atoms. The summed E-state index contributed by atoms with van der Waals surface area (Å²) < 4.78 is 27.9. The van der Waals surface area contributed by atoms with Crippen molar-refractivity contribution >= 4 is 32.4 Å². The molecule has 0 radical (unpaired) electrons. The fraction of sp³-hybridized carbons (Fsp3) is 0.370. The number of aryl methyl sites for hydroxylation is 1. The molecule has 7 heteroatoms. The van der Waals surface area contributed by atoms with E-state index in [1.165, 1.54) is 22.1 Å². The molecule has 0 aliphatic carbocycles. The summed E-state index contributed by atoms with van der Waals surface area (Å²) in [5.41, 5.74) is 5.19. The first kappa shape index (κ1) is 22.9. The van der Waals surface area contributed by atoms with E-state index >= 15 is 0 Å². The van der Waals surface area contributed by atoms with Gasteiger partial charge in [-0.3, -0.25) is 4.79 Å². The van der Waals surface area contributed by atoms with Crippen molar-refractivity contribution in [2.24, 2.45) is 0 Å². The van der Waals surface area contributed by atoms with E-state index in [4.69, 9.17) is 0 Å². The lowest BCUT2D eigenvalue weighted by molar-refractivity contribution is 0.0772. The highest BCUT2D eigenvalue weighted by Crippen LogP contribution is 2.30. The maximum Gasteiger partial charge on any atom is 0.254 e. The number of aromatic nitrogens is 1. The monoisotopic (exact) mass is 477 g/mol. The van der Waals surface area contributed by atoms with Crippen LogP contribution in [0.3, 0.4) is 0 Å². The van der Waals surface area contributed by atoms with Gasteiger partial charge in [-0.2, -0.15) is 4.31 Å². The average Bonchev–Trinajstić information content (AvgIpc) is 3.07. The third-order valence-electron chi connectivity index (χ3n) is 6.96. The van der Waals surface area contributed by atoms with E-state index in [1.807, 2.05) is 6.20 Å². The molecular formula is C27H31N3O3S. The minimum Gasteiger partial charge on any atom is -0.361 e. The van der Waals surface area contributed by atoms with Crippen LogP contribution in [0.2, 0.25) is 0 Å². The van der Waals surface area contributed by atoms with Crippen molar-refractivity contribution in [2.75, 3.05) is 26.2 Å². The van der Waals surface area contributed by atoms with Crippen LogP contribution < -0.4 is 0 Å². The molecule has 1 aromatic heterocycles. The first-order chi connectivity index (χ1) is 16.4. The number of nitrogens with zero attached hydrogens (tertiary/aromatic N) is 2. The Kier molecular flexibility index (Phi) is 6.32. The van der Waals surface area contributed by atoms with Crippen molar-refractivity contribution in [3.05, 3.63) is 71.4 Å². The zero-order valence-corrected chi connectivity index (χ0v) is 20.4. The van der Waals surface area contributed by atoms with Gasteiger partial charge in [-0.15, -0.1) is 0 Å². The van der Waals surface area contributed by atoms with Crippen molar-refractivity contribution in [2.45, 2.75) is 43.9 Å². The summed E-state index contributed by atoms with van der Waals surface area (Å²) in [7, 11) is -3.59. The topological polar surface area (TPSA) is 73.5 Å². The van der Waals surface area contributed by atoms with E-state index in [9.17, 15) is 13.2 Å². The van der Waals surface area contributed by atoms with Gasteiger partial charge in [-0.1, -0.05) is 37.1 Å². The van der Waals surface area contributed by atoms with E-state index in [2.05, 4.69) is 36.2 Å². The van der Waals surface area contributed by atoms with Gasteiger partial charge >= 0.3 is 0 Å². The molecule has 3 heterocycles. The molecule has 0 spiro atoms. The second-order valence-electron chi connectivity index (χ2n) is 9.33. The van der Waals surface area contributed by atoms with Crippen LogP contribution in [0, 0.1) is 6.92 Å². The van der Waals surface area contributed by atoms with E-state index in [-0.39, 0.29) is 10.8 Å². The highest BCUT2D eigenvalue weighted by Gasteiger charge is 2.27. The number of aromatic amines is 1. The molecule has 0 unspecified atom stereocenters. The van der Waals surface area contributed by atoms with Gasteiger partial charge in [0, 0.05) is 54.4 Å². The molecule has 2 aromatic carbocycles. The number of hydrogen-bond acceptors (Lipinski definition) is 3. The van der Waals surface area contributed by atoms with Crippen LogP contribution in [0.15, 0.2) is 59.6 Å². The van der Waals surface area contributed by atoms with Gasteiger partial charge in [0.15, 0.2) is 0 Å². The second-order valence-corrected chi connectivity index (χ2v) is 11.3. The largest absolute Gasteiger partial charge is 0.361 e. The average molecular weight is 478 g/mol. The van der Waals surface area contributed by atoms with Crippen LogP contribution in [0.1, 0.15) is 53.6 Å². The molecule has 2 aliphatic rings. The highest BCUT2D eigenvalue weighted by molar-refractivity contribution is 7.89. The lowest BCUT2D eigenvalue weighted by Gasteiger charge is -2.27. The Balaban J connectivity index is 1.33. The Morgan fingerprint density at radius 1 is 0.971 bits per heavy atom. The summed E-state index contributed by atoms with van der Waals surface area (Å²) in [4.78, 5) is 18.6. The Labute approximate surface area is 201 Å². The van der Waals surface area contributed by atoms with Gasteiger partial charge in [-0.05, 0) is 61.6 Å². The van der Waals surface area contributed by atoms with E-state index < -0.39 is 10.0 Å². The molecule has 1 fully saturated rings. The van der Waals surface area contributed by atoms with Crippen molar-refractivity contribution in [3.8, 4) is 0 Å². The third-order valence-corrected chi connectivity index (χ3v) is 8.86. The zero-order chi connectivity index (χ0) is 23.7. The van der Waals surface area contributed by atoms with Gasteiger partial charge in [0.1, 0.15) is 0 Å². The summed E-state index contributed by atoms with van der Waals surface area (Å²) in [6.07, 6.45) is 8.82. The van der Waals surface area contributed by atoms with E-state index in [0.717, 1.165) is 37.6 Å². The summed E-state index contributed by atoms with van der Waals surface area (Å²) in [6.45, 7) is 4.29. The minimum atomic E-state index is -3.59. The number of rotatable bonds is 4. The molecule has 0 saturated carbocycles.